The third-order valence-corrected chi connectivity index (χ3v) is 4.39. The summed E-state index contributed by atoms with van der Waals surface area (Å²) in [5, 5.41) is 9.19. The van der Waals surface area contributed by atoms with Crippen LogP contribution in [0.1, 0.15) is 44.6 Å². The van der Waals surface area contributed by atoms with E-state index in [0.29, 0.717) is 19.4 Å². The van der Waals surface area contributed by atoms with Crippen molar-refractivity contribution in [3.63, 3.8) is 0 Å². The Morgan fingerprint density at radius 1 is 1.18 bits per heavy atom. The molecule has 0 aliphatic heterocycles. The fourth-order valence-electron chi connectivity index (χ4n) is 3.24. The number of aliphatic carboxylic acids is 1. The third-order valence-electron chi connectivity index (χ3n) is 4.39. The smallest absolute Gasteiger partial charge is 0.306 e. The zero-order chi connectivity index (χ0) is 15.9. The lowest BCUT2D eigenvalue weighted by Gasteiger charge is -2.31. The number of hydrogen-bond donors (Lipinski definition) is 1. The molecule has 0 heterocycles. The molecule has 1 aromatic carbocycles. The monoisotopic (exact) mass is 303 g/mol. The Morgan fingerprint density at radius 2 is 1.86 bits per heavy atom. The number of carboxylic acids is 1. The fourth-order valence-corrected chi connectivity index (χ4v) is 3.24. The summed E-state index contributed by atoms with van der Waals surface area (Å²) in [4.78, 5) is 25.9. The molecule has 2 unspecified atom stereocenters. The van der Waals surface area contributed by atoms with Crippen molar-refractivity contribution in [1.29, 1.82) is 0 Å². The average Bonchev–Trinajstić information content (AvgIpc) is 2.55. The van der Waals surface area contributed by atoms with Crippen LogP contribution < -0.4 is 0 Å². The van der Waals surface area contributed by atoms with E-state index >= 15 is 0 Å². The SMILES string of the molecule is CCCN(Cc1ccccc1)C(=O)C1CCCC(C(=O)O)C1. The maximum atomic E-state index is 12.8. The van der Waals surface area contributed by atoms with Crippen molar-refractivity contribution < 1.29 is 14.7 Å². The van der Waals surface area contributed by atoms with E-state index in [4.69, 9.17) is 0 Å². The molecule has 1 saturated carbocycles. The molecule has 1 amide bonds. The maximum Gasteiger partial charge on any atom is 0.306 e. The van der Waals surface area contributed by atoms with Gasteiger partial charge in [0.15, 0.2) is 0 Å². The molecular weight excluding hydrogens is 278 g/mol. The number of nitrogens with zero attached hydrogens (tertiary/aromatic N) is 1. The van der Waals surface area contributed by atoms with E-state index in [1.54, 1.807) is 0 Å². The largest absolute Gasteiger partial charge is 0.481 e. The van der Waals surface area contributed by atoms with Gasteiger partial charge in [0.05, 0.1) is 5.92 Å². The van der Waals surface area contributed by atoms with Gasteiger partial charge in [-0.1, -0.05) is 43.7 Å². The molecule has 0 radical (unpaired) electrons. The summed E-state index contributed by atoms with van der Waals surface area (Å²) in [7, 11) is 0. The Balaban J connectivity index is 2.04. The van der Waals surface area contributed by atoms with Gasteiger partial charge in [0.25, 0.3) is 0 Å². The van der Waals surface area contributed by atoms with Gasteiger partial charge in [-0.3, -0.25) is 9.59 Å². The minimum absolute atomic E-state index is 0.122. The molecule has 0 saturated heterocycles. The predicted molar refractivity (Wildman–Crippen MR) is 85.2 cm³/mol. The van der Waals surface area contributed by atoms with E-state index in [2.05, 4.69) is 6.92 Å². The van der Waals surface area contributed by atoms with E-state index in [9.17, 15) is 14.7 Å². The first kappa shape index (κ1) is 16.5. The van der Waals surface area contributed by atoms with Gasteiger partial charge in [-0.25, -0.2) is 0 Å². The first-order valence-electron chi connectivity index (χ1n) is 8.17. The molecule has 2 rings (SSSR count). The number of benzene rings is 1. The van der Waals surface area contributed by atoms with Gasteiger partial charge in [0.1, 0.15) is 0 Å². The molecule has 1 aliphatic carbocycles. The number of amides is 1. The molecule has 0 aromatic heterocycles. The molecule has 1 N–H and O–H groups in total. The minimum Gasteiger partial charge on any atom is -0.481 e. The Kier molecular flexibility index (Phi) is 5.99. The molecule has 1 fully saturated rings. The van der Waals surface area contributed by atoms with Crippen LogP contribution in [-0.4, -0.2) is 28.4 Å². The van der Waals surface area contributed by atoms with Crippen LogP contribution in [0.3, 0.4) is 0 Å². The van der Waals surface area contributed by atoms with Crippen LogP contribution in [0.4, 0.5) is 0 Å². The van der Waals surface area contributed by atoms with Gasteiger partial charge in [0, 0.05) is 19.0 Å². The lowest BCUT2D eigenvalue weighted by atomic mass is 9.80. The van der Waals surface area contributed by atoms with Crippen LogP contribution in [0.25, 0.3) is 0 Å². The van der Waals surface area contributed by atoms with Crippen LogP contribution in [0.2, 0.25) is 0 Å². The number of hydrogen-bond acceptors (Lipinski definition) is 2. The van der Waals surface area contributed by atoms with Crippen molar-refractivity contribution in [3.05, 3.63) is 35.9 Å². The lowest BCUT2D eigenvalue weighted by molar-refractivity contribution is -0.145. The second-order valence-electron chi connectivity index (χ2n) is 6.14. The quantitative estimate of drug-likeness (QED) is 0.877. The summed E-state index contributed by atoms with van der Waals surface area (Å²) in [5.41, 5.74) is 1.12. The van der Waals surface area contributed by atoms with Gasteiger partial charge in [-0.15, -0.1) is 0 Å². The molecule has 0 spiro atoms. The highest BCUT2D eigenvalue weighted by Gasteiger charge is 2.33. The van der Waals surface area contributed by atoms with Crippen molar-refractivity contribution in [3.8, 4) is 0 Å². The van der Waals surface area contributed by atoms with Crippen LogP contribution in [0.15, 0.2) is 30.3 Å². The van der Waals surface area contributed by atoms with Crippen LogP contribution in [-0.2, 0) is 16.1 Å². The highest BCUT2D eigenvalue weighted by atomic mass is 16.4. The summed E-state index contributed by atoms with van der Waals surface area (Å²) in [6, 6.07) is 9.97. The second-order valence-corrected chi connectivity index (χ2v) is 6.14. The zero-order valence-electron chi connectivity index (χ0n) is 13.2. The Morgan fingerprint density at radius 3 is 2.50 bits per heavy atom. The lowest BCUT2D eigenvalue weighted by Crippen LogP contribution is -2.39. The van der Waals surface area contributed by atoms with Gasteiger partial charge >= 0.3 is 5.97 Å². The van der Waals surface area contributed by atoms with Crippen LogP contribution in [0, 0.1) is 11.8 Å². The summed E-state index contributed by atoms with van der Waals surface area (Å²) < 4.78 is 0. The van der Waals surface area contributed by atoms with E-state index in [0.717, 1.165) is 31.4 Å². The maximum absolute atomic E-state index is 12.8. The molecule has 2 atom stereocenters. The Labute approximate surface area is 132 Å². The standard InChI is InChI=1S/C18H25NO3/c1-2-11-19(13-14-7-4-3-5-8-14)17(20)15-9-6-10-16(12-15)18(21)22/h3-5,7-8,15-16H,2,6,9-13H2,1H3,(H,21,22). The average molecular weight is 303 g/mol. The molecule has 0 bridgehead atoms. The van der Waals surface area contributed by atoms with Crippen molar-refractivity contribution in [2.45, 2.75) is 45.6 Å². The van der Waals surface area contributed by atoms with Crippen molar-refractivity contribution >= 4 is 11.9 Å². The summed E-state index contributed by atoms with van der Waals surface area (Å²) in [6.07, 6.45) is 3.75. The first-order chi connectivity index (χ1) is 10.6. The van der Waals surface area contributed by atoms with Gasteiger partial charge in [-0.2, -0.15) is 0 Å². The normalized spacial score (nSPS) is 21.3. The van der Waals surface area contributed by atoms with Crippen molar-refractivity contribution in [1.82, 2.24) is 4.90 Å². The van der Waals surface area contributed by atoms with Gasteiger partial charge in [0.2, 0.25) is 5.91 Å². The third kappa shape index (κ3) is 4.33. The predicted octanol–water partition coefficient (Wildman–Crippen LogP) is 3.32. The second kappa shape index (κ2) is 7.97. The van der Waals surface area contributed by atoms with E-state index in [1.807, 2.05) is 35.2 Å². The number of carboxylic acid groups (broad SMARTS) is 1. The molecular formula is C18H25NO3. The first-order valence-corrected chi connectivity index (χ1v) is 8.17. The highest BCUT2D eigenvalue weighted by Crippen LogP contribution is 2.31. The highest BCUT2D eigenvalue weighted by molar-refractivity contribution is 5.80. The molecule has 1 aromatic rings. The van der Waals surface area contributed by atoms with Gasteiger partial charge < -0.3 is 10.0 Å². The van der Waals surface area contributed by atoms with E-state index < -0.39 is 5.97 Å². The fraction of sp³-hybridized carbons (Fsp3) is 0.556. The van der Waals surface area contributed by atoms with Crippen molar-refractivity contribution in [2.24, 2.45) is 11.8 Å². The number of carbonyl (C=O) groups excluding carboxylic acids is 1. The summed E-state index contributed by atoms with van der Waals surface area (Å²) in [6.45, 7) is 3.40. The Bertz CT molecular complexity index is 500. The Hall–Kier alpha value is -1.84. The molecule has 4 nitrogen and oxygen atoms in total. The van der Waals surface area contributed by atoms with Crippen molar-refractivity contribution in [2.75, 3.05) is 6.54 Å². The van der Waals surface area contributed by atoms with E-state index in [-0.39, 0.29) is 17.7 Å². The minimum atomic E-state index is -0.761. The van der Waals surface area contributed by atoms with Crippen LogP contribution >= 0.6 is 0 Å². The van der Waals surface area contributed by atoms with Crippen LogP contribution in [0.5, 0.6) is 0 Å². The summed E-state index contributed by atoms with van der Waals surface area (Å²) >= 11 is 0. The molecule has 22 heavy (non-hydrogen) atoms. The number of rotatable bonds is 6. The topological polar surface area (TPSA) is 57.6 Å². The molecule has 1 aliphatic rings. The zero-order valence-corrected chi connectivity index (χ0v) is 13.2. The number of carbonyl (C=O) groups is 2. The molecule has 120 valence electrons. The van der Waals surface area contributed by atoms with E-state index in [1.165, 1.54) is 0 Å². The van der Waals surface area contributed by atoms with Gasteiger partial charge in [-0.05, 0) is 31.2 Å². The molecule has 4 heteroatoms. The summed E-state index contributed by atoms with van der Waals surface area (Å²) in [5.74, 6) is -1.13.